The van der Waals surface area contributed by atoms with E-state index >= 15 is 0 Å². The summed E-state index contributed by atoms with van der Waals surface area (Å²) in [5.74, 6) is 0.593. The lowest BCUT2D eigenvalue weighted by Crippen LogP contribution is -2.27. The normalized spacial score (nSPS) is 16.2. The zero-order valence-corrected chi connectivity index (χ0v) is 15.4. The van der Waals surface area contributed by atoms with Crippen LogP contribution in [0.3, 0.4) is 0 Å². The molecule has 2 aromatic carbocycles. The molecule has 2 N–H and O–H groups in total. The van der Waals surface area contributed by atoms with Crippen molar-refractivity contribution in [3.05, 3.63) is 62.6 Å². The number of piperidine rings is 1. The van der Waals surface area contributed by atoms with Crippen molar-refractivity contribution >= 4 is 39.3 Å². The quantitative estimate of drug-likeness (QED) is 0.340. The highest BCUT2D eigenvalue weighted by Crippen LogP contribution is 2.38. The Bertz CT molecular complexity index is 734. The third-order valence-electron chi connectivity index (χ3n) is 4.24. The van der Waals surface area contributed by atoms with Crippen LogP contribution in [0, 0.1) is 10.1 Å². The van der Waals surface area contributed by atoms with Crippen LogP contribution < -0.4 is 5.73 Å². The molecule has 0 bridgehead atoms. The second-order valence-electron chi connectivity index (χ2n) is 5.80. The fraction of sp³-hybridized carbons (Fsp3) is 0.294. The van der Waals surface area contributed by atoms with E-state index in [-0.39, 0.29) is 11.4 Å². The Morgan fingerprint density at radius 3 is 2.50 bits per heavy atom. The number of nitrogens with zero attached hydrogens (tertiary/aromatic N) is 2. The first-order valence-corrected chi connectivity index (χ1v) is 9.32. The van der Waals surface area contributed by atoms with Crippen molar-refractivity contribution in [1.29, 1.82) is 0 Å². The van der Waals surface area contributed by atoms with E-state index in [1.165, 1.54) is 5.56 Å². The third-order valence-corrected chi connectivity index (χ3v) is 5.96. The average molecular weight is 408 g/mol. The van der Waals surface area contributed by atoms with Gasteiger partial charge < -0.3 is 5.73 Å². The molecule has 3 rings (SSSR count). The smallest absolute Gasteiger partial charge is 0.294 e. The van der Waals surface area contributed by atoms with Crippen LogP contribution in [0.4, 0.5) is 11.4 Å². The lowest BCUT2D eigenvalue weighted by atomic mass is 9.90. The van der Waals surface area contributed by atoms with Gasteiger partial charge in [0, 0.05) is 28.5 Å². The Labute approximate surface area is 153 Å². The van der Waals surface area contributed by atoms with Crippen molar-refractivity contribution in [2.45, 2.75) is 23.7 Å². The number of nitrogen functional groups attached to an aromatic ring is 1. The first-order valence-electron chi connectivity index (χ1n) is 7.76. The first-order chi connectivity index (χ1) is 11.5. The maximum Gasteiger partial charge on any atom is 0.294 e. The van der Waals surface area contributed by atoms with Crippen molar-refractivity contribution in [2.24, 2.45) is 0 Å². The summed E-state index contributed by atoms with van der Waals surface area (Å²) in [6.07, 6.45) is 2.19. The van der Waals surface area contributed by atoms with Gasteiger partial charge in [0.25, 0.3) is 5.69 Å². The molecule has 24 heavy (non-hydrogen) atoms. The van der Waals surface area contributed by atoms with Crippen LogP contribution in [0.15, 0.2) is 51.8 Å². The Kier molecular flexibility index (Phi) is 5.43. The van der Waals surface area contributed by atoms with Gasteiger partial charge in [0.15, 0.2) is 0 Å². The van der Waals surface area contributed by atoms with Crippen molar-refractivity contribution < 1.29 is 4.92 Å². The molecule has 1 aliphatic heterocycles. The number of rotatable bonds is 4. The summed E-state index contributed by atoms with van der Waals surface area (Å²) in [5.41, 5.74) is 7.28. The van der Waals surface area contributed by atoms with Gasteiger partial charge in [-0.15, -0.1) is 0 Å². The molecule has 1 heterocycles. The number of nitrogens with two attached hydrogens (primary N) is 1. The molecule has 0 unspecified atom stereocenters. The molecule has 0 saturated carbocycles. The molecular weight excluding hydrogens is 390 g/mol. The first kappa shape index (κ1) is 17.3. The van der Waals surface area contributed by atoms with E-state index in [2.05, 4.69) is 44.5 Å². The van der Waals surface area contributed by atoms with Crippen LogP contribution in [0.2, 0.25) is 0 Å². The number of hydrogen-bond acceptors (Lipinski definition) is 5. The molecule has 1 fully saturated rings. The summed E-state index contributed by atoms with van der Waals surface area (Å²) in [4.78, 5) is 11.5. The zero-order valence-electron chi connectivity index (χ0n) is 13.0. The lowest BCUT2D eigenvalue weighted by molar-refractivity contribution is -0.384. The molecule has 0 amide bonds. The SMILES string of the molecule is Nc1c(Br)cc(SN2CCC(c3ccccc3)CC2)cc1[N+](=O)[O-]. The molecule has 0 atom stereocenters. The number of halogens is 1. The van der Waals surface area contributed by atoms with Crippen molar-refractivity contribution in [3.63, 3.8) is 0 Å². The molecule has 0 aliphatic carbocycles. The van der Waals surface area contributed by atoms with Crippen molar-refractivity contribution in [2.75, 3.05) is 18.8 Å². The van der Waals surface area contributed by atoms with E-state index in [4.69, 9.17) is 5.73 Å². The topological polar surface area (TPSA) is 72.4 Å². The summed E-state index contributed by atoms with van der Waals surface area (Å²) < 4.78 is 2.83. The maximum absolute atomic E-state index is 11.1. The van der Waals surface area contributed by atoms with Crippen molar-refractivity contribution in [1.82, 2.24) is 4.31 Å². The molecule has 0 radical (unpaired) electrons. The fourth-order valence-corrected chi connectivity index (χ4v) is 4.57. The van der Waals surface area contributed by atoms with Gasteiger partial charge >= 0.3 is 0 Å². The van der Waals surface area contributed by atoms with Gasteiger partial charge in [-0.25, -0.2) is 4.31 Å². The molecule has 2 aromatic rings. The summed E-state index contributed by atoms with van der Waals surface area (Å²) >= 11 is 4.87. The third kappa shape index (κ3) is 3.91. The molecule has 0 aromatic heterocycles. The molecule has 5 nitrogen and oxygen atoms in total. The minimum atomic E-state index is -0.439. The number of nitro benzene ring substituents is 1. The van der Waals surface area contributed by atoms with E-state index in [1.54, 1.807) is 18.0 Å². The lowest BCUT2D eigenvalue weighted by Gasteiger charge is -2.31. The monoisotopic (exact) mass is 407 g/mol. The van der Waals surface area contributed by atoms with Gasteiger partial charge in [-0.05, 0) is 58.3 Å². The highest BCUT2D eigenvalue weighted by molar-refractivity contribution is 9.10. The van der Waals surface area contributed by atoms with Crippen LogP contribution in [0.25, 0.3) is 0 Å². The van der Waals surface area contributed by atoms with Gasteiger partial charge in [-0.2, -0.15) is 0 Å². The van der Waals surface area contributed by atoms with Gasteiger partial charge in [0.2, 0.25) is 0 Å². The summed E-state index contributed by atoms with van der Waals surface area (Å²) in [5, 5.41) is 11.1. The van der Waals surface area contributed by atoms with Crippen LogP contribution in [0.1, 0.15) is 24.3 Å². The van der Waals surface area contributed by atoms with E-state index in [0.717, 1.165) is 30.8 Å². The average Bonchev–Trinajstić information content (AvgIpc) is 2.59. The standard InChI is InChI=1S/C17H18BrN3O2S/c18-15-10-14(11-16(17(15)19)21(22)23)24-20-8-6-13(7-9-20)12-4-2-1-3-5-12/h1-5,10-11,13H,6-9,19H2. The van der Waals surface area contributed by atoms with Gasteiger partial charge in [0.05, 0.1) is 4.92 Å². The molecule has 1 aliphatic rings. The second kappa shape index (κ2) is 7.55. The van der Waals surface area contributed by atoms with E-state index < -0.39 is 4.92 Å². The second-order valence-corrected chi connectivity index (χ2v) is 7.82. The van der Waals surface area contributed by atoms with Crippen LogP contribution in [-0.2, 0) is 0 Å². The summed E-state index contributed by atoms with van der Waals surface area (Å²) in [6, 6.07) is 14.0. The molecule has 1 saturated heterocycles. The summed E-state index contributed by atoms with van der Waals surface area (Å²) in [6.45, 7) is 1.92. The van der Waals surface area contributed by atoms with Gasteiger partial charge in [0.1, 0.15) is 5.69 Å². The Morgan fingerprint density at radius 2 is 1.88 bits per heavy atom. The van der Waals surface area contributed by atoms with Gasteiger partial charge in [-0.1, -0.05) is 30.3 Å². The minimum Gasteiger partial charge on any atom is -0.392 e. The number of hydrogen-bond donors (Lipinski definition) is 1. The highest BCUT2D eigenvalue weighted by Gasteiger charge is 2.23. The Hall–Kier alpha value is -1.57. The van der Waals surface area contributed by atoms with Crippen molar-refractivity contribution in [3.8, 4) is 0 Å². The van der Waals surface area contributed by atoms with E-state index in [0.29, 0.717) is 10.4 Å². The highest BCUT2D eigenvalue weighted by atomic mass is 79.9. The Morgan fingerprint density at radius 1 is 1.21 bits per heavy atom. The fourth-order valence-electron chi connectivity index (χ4n) is 2.94. The van der Waals surface area contributed by atoms with Crippen LogP contribution in [-0.4, -0.2) is 22.3 Å². The molecule has 0 spiro atoms. The number of nitro groups is 1. The largest absolute Gasteiger partial charge is 0.392 e. The zero-order chi connectivity index (χ0) is 17.1. The maximum atomic E-state index is 11.1. The van der Waals surface area contributed by atoms with E-state index in [1.807, 2.05) is 12.1 Å². The number of anilines is 1. The Balaban J connectivity index is 1.65. The predicted molar refractivity (Wildman–Crippen MR) is 101 cm³/mol. The van der Waals surface area contributed by atoms with Crippen LogP contribution >= 0.6 is 27.9 Å². The molecule has 126 valence electrons. The molecule has 7 heteroatoms. The summed E-state index contributed by atoms with van der Waals surface area (Å²) in [7, 11) is 0. The van der Waals surface area contributed by atoms with E-state index in [9.17, 15) is 10.1 Å². The molecular formula is C17H18BrN3O2S. The predicted octanol–water partition coefficient (Wildman–Crippen LogP) is 4.83. The van der Waals surface area contributed by atoms with Crippen LogP contribution in [0.5, 0.6) is 0 Å². The van der Waals surface area contributed by atoms with Gasteiger partial charge in [-0.3, -0.25) is 10.1 Å². The number of benzene rings is 2. The minimum absolute atomic E-state index is 0.0500.